The molecular formula is C6H15N3. The molecule has 0 aliphatic heterocycles. The fraction of sp³-hybridized carbons (Fsp3) is 0.667. The molecule has 0 rings (SSSR count). The van der Waals surface area contributed by atoms with Crippen LogP contribution < -0.4 is 16.8 Å². The molecular weight excluding hydrogens is 114 g/mol. The highest BCUT2D eigenvalue weighted by atomic mass is 14.9. The van der Waals surface area contributed by atoms with E-state index in [1.807, 2.05) is 6.92 Å². The summed E-state index contributed by atoms with van der Waals surface area (Å²) in [6.45, 7) is 3.45. The summed E-state index contributed by atoms with van der Waals surface area (Å²) in [5, 5.41) is 2.97. The van der Waals surface area contributed by atoms with Gasteiger partial charge in [0, 0.05) is 25.0 Å². The zero-order valence-corrected chi connectivity index (χ0v) is 5.85. The summed E-state index contributed by atoms with van der Waals surface area (Å²) >= 11 is 0. The molecule has 0 bridgehead atoms. The first-order chi connectivity index (χ1) is 4.31. The van der Waals surface area contributed by atoms with E-state index in [0.29, 0.717) is 6.54 Å². The van der Waals surface area contributed by atoms with Crippen molar-refractivity contribution >= 4 is 0 Å². The number of nitrogens with one attached hydrogen (secondary N) is 1. The van der Waals surface area contributed by atoms with E-state index < -0.39 is 0 Å². The Hall–Kier alpha value is -0.700. The van der Waals surface area contributed by atoms with Crippen LogP contribution >= 0.6 is 0 Å². The highest BCUT2D eigenvalue weighted by molar-refractivity contribution is 4.92. The predicted molar refractivity (Wildman–Crippen MR) is 39.6 cm³/mol. The van der Waals surface area contributed by atoms with Crippen molar-refractivity contribution in [2.75, 3.05) is 13.1 Å². The highest BCUT2D eigenvalue weighted by Crippen LogP contribution is 1.84. The minimum Gasteiger partial charge on any atom is -0.401 e. The van der Waals surface area contributed by atoms with Crippen molar-refractivity contribution in [1.29, 1.82) is 0 Å². The Morgan fingerprint density at radius 1 is 1.67 bits per heavy atom. The van der Waals surface area contributed by atoms with Crippen LogP contribution in [0.1, 0.15) is 13.3 Å². The molecule has 0 heterocycles. The van der Waals surface area contributed by atoms with Gasteiger partial charge in [0.15, 0.2) is 0 Å². The van der Waals surface area contributed by atoms with E-state index in [9.17, 15) is 0 Å². The molecule has 0 aromatic heterocycles. The number of hydrogen-bond acceptors (Lipinski definition) is 3. The second-order valence-electron chi connectivity index (χ2n) is 1.82. The quantitative estimate of drug-likeness (QED) is 0.458. The van der Waals surface area contributed by atoms with Crippen molar-refractivity contribution in [2.24, 2.45) is 11.5 Å². The molecule has 3 heteroatoms. The lowest BCUT2D eigenvalue weighted by molar-refractivity contribution is 0.826. The van der Waals surface area contributed by atoms with E-state index in [2.05, 4.69) is 5.32 Å². The molecule has 0 spiro atoms. The largest absolute Gasteiger partial charge is 0.401 e. The van der Waals surface area contributed by atoms with Crippen molar-refractivity contribution < 1.29 is 0 Å². The minimum atomic E-state index is 0.646. The van der Waals surface area contributed by atoms with Crippen molar-refractivity contribution in [1.82, 2.24) is 5.32 Å². The molecule has 0 aliphatic carbocycles. The van der Waals surface area contributed by atoms with Gasteiger partial charge in [0.1, 0.15) is 0 Å². The van der Waals surface area contributed by atoms with Crippen LogP contribution in [0.2, 0.25) is 0 Å². The maximum absolute atomic E-state index is 5.47. The summed E-state index contributed by atoms with van der Waals surface area (Å²) in [6.07, 6.45) is 2.68. The standard InChI is InChI=1S/C6H15N3/c1-2-6(8)5-9-4-3-7/h5,9H,2-4,7-8H2,1H3/b6-5-. The first kappa shape index (κ1) is 8.30. The Labute approximate surface area is 56.1 Å². The molecule has 0 aromatic rings. The van der Waals surface area contributed by atoms with Crippen LogP contribution in [0.5, 0.6) is 0 Å². The van der Waals surface area contributed by atoms with Crippen LogP contribution in [-0.2, 0) is 0 Å². The summed E-state index contributed by atoms with van der Waals surface area (Å²) in [5.74, 6) is 0. The molecule has 0 fully saturated rings. The third-order valence-electron chi connectivity index (χ3n) is 0.984. The van der Waals surface area contributed by atoms with Crippen molar-refractivity contribution in [3.63, 3.8) is 0 Å². The molecule has 0 unspecified atom stereocenters. The predicted octanol–water partition coefficient (Wildman–Crippen LogP) is -0.255. The smallest absolute Gasteiger partial charge is 0.0265 e. The monoisotopic (exact) mass is 129 g/mol. The maximum atomic E-state index is 5.47. The summed E-state index contributed by atoms with van der Waals surface area (Å²) in [7, 11) is 0. The van der Waals surface area contributed by atoms with Gasteiger partial charge < -0.3 is 16.8 Å². The van der Waals surface area contributed by atoms with Crippen LogP contribution in [0.25, 0.3) is 0 Å². The zero-order chi connectivity index (χ0) is 7.11. The Bertz CT molecular complexity index is 88.3. The first-order valence-corrected chi connectivity index (χ1v) is 3.19. The van der Waals surface area contributed by atoms with Crippen molar-refractivity contribution in [3.8, 4) is 0 Å². The average molecular weight is 129 g/mol. The van der Waals surface area contributed by atoms with Crippen LogP contribution in [0.4, 0.5) is 0 Å². The third kappa shape index (κ3) is 5.17. The lowest BCUT2D eigenvalue weighted by atomic mass is 10.4. The van der Waals surface area contributed by atoms with Crippen LogP contribution in [0.15, 0.2) is 11.9 Å². The first-order valence-electron chi connectivity index (χ1n) is 3.19. The molecule has 3 nitrogen and oxygen atoms in total. The van der Waals surface area contributed by atoms with Gasteiger partial charge in [-0.05, 0) is 6.42 Å². The van der Waals surface area contributed by atoms with Gasteiger partial charge in [-0.2, -0.15) is 0 Å². The number of allylic oxidation sites excluding steroid dienone is 1. The highest BCUT2D eigenvalue weighted by Gasteiger charge is 1.80. The second kappa shape index (κ2) is 5.44. The van der Waals surface area contributed by atoms with Crippen molar-refractivity contribution in [3.05, 3.63) is 11.9 Å². The lowest BCUT2D eigenvalue weighted by Gasteiger charge is -1.97. The van der Waals surface area contributed by atoms with Crippen molar-refractivity contribution in [2.45, 2.75) is 13.3 Å². The average Bonchev–Trinajstić information content (AvgIpc) is 1.89. The van der Waals surface area contributed by atoms with E-state index in [0.717, 1.165) is 18.7 Å². The number of rotatable bonds is 4. The summed E-state index contributed by atoms with van der Waals surface area (Å²) in [4.78, 5) is 0. The van der Waals surface area contributed by atoms with Gasteiger partial charge in [0.25, 0.3) is 0 Å². The molecule has 0 aliphatic rings. The van der Waals surface area contributed by atoms with E-state index in [1.165, 1.54) is 0 Å². The topological polar surface area (TPSA) is 64.1 Å². The number of nitrogens with two attached hydrogens (primary N) is 2. The lowest BCUT2D eigenvalue weighted by Crippen LogP contribution is -2.18. The fourth-order valence-corrected chi connectivity index (χ4v) is 0.389. The van der Waals surface area contributed by atoms with Gasteiger partial charge in [-0.1, -0.05) is 6.92 Å². The summed E-state index contributed by atoms with van der Waals surface area (Å²) in [6, 6.07) is 0. The minimum absolute atomic E-state index is 0.646. The Morgan fingerprint density at radius 2 is 2.33 bits per heavy atom. The molecule has 0 saturated heterocycles. The fourth-order valence-electron chi connectivity index (χ4n) is 0.389. The van der Waals surface area contributed by atoms with E-state index >= 15 is 0 Å². The Morgan fingerprint density at radius 3 is 2.78 bits per heavy atom. The van der Waals surface area contributed by atoms with Gasteiger partial charge >= 0.3 is 0 Å². The SMILES string of the molecule is CC/C(N)=C/NCCN. The number of hydrogen-bond donors (Lipinski definition) is 3. The summed E-state index contributed by atoms with van der Waals surface area (Å²) < 4.78 is 0. The molecule has 0 amide bonds. The molecule has 0 radical (unpaired) electrons. The van der Waals surface area contributed by atoms with Gasteiger partial charge in [0.2, 0.25) is 0 Å². The molecule has 54 valence electrons. The Balaban J connectivity index is 3.21. The molecule has 0 atom stereocenters. The van der Waals surface area contributed by atoms with Gasteiger partial charge in [-0.15, -0.1) is 0 Å². The molecule has 0 saturated carbocycles. The zero-order valence-electron chi connectivity index (χ0n) is 5.85. The maximum Gasteiger partial charge on any atom is 0.0265 e. The van der Waals surface area contributed by atoms with Gasteiger partial charge in [-0.3, -0.25) is 0 Å². The van der Waals surface area contributed by atoms with E-state index in [-0.39, 0.29) is 0 Å². The molecule has 9 heavy (non-hydrogen) atoms. The van der Waals surface area contributed by atoms with E-state index in [1.54, 1.807) is 6.20 Å². The van der Waals surface area contributed by atoms with Gasteiger partial charge in [0.05, 0.1) is 0 Å². The summed E-state index contributed by atoms with van der Waals surface area (Å²) in [5.41, 5.74) is 11.6. The third-order valence-corrected chi connectivity index (χ3v) is 0.984. The van der Waals surface area contributed by atoms with Gasteiger partial charge in [-0.25, -0.2) is 0 Å². The second-order valence-corrected chi connectivity index (χ2v) is 1.82. The van der Waals surface area contributed by atoms with Crippen LogP contribution in [0, 0.1) is 0 Å². The molecule has 5 N–H and O–H groups in total. The normalized spacial score (nSPS) is 11.6. The van der Waals surface area contributed by atoms with Crippen LogP contribution in [-0.4, -0.2) is 13.1 Å². The van der Waals surface area contributed by atoms with Crippen LogP contribution in [0.3, 0.4) is 0 Å². The Kier molecular flexibility index (Phi) is 5.01. The molecule has 0 aromatic carbocycles. The van der Waals surface area contributed by atoms with E-state index in [4.69, 9.17) is 11.5 Å².